The van der Waals surface area contributed by atoms with Crippen molar-refractivity contribution in [3.8, 4) is 5.75 Å². The minimum absolute atomic E-state index is 0.0271. The minimum Gasteiger partial charge on any atom is -0.491 e. The summed E-state index contributed by atoms with van der Waals surface area (Å²) >= 11 is 0. The molecule has 0 unspecified atom stereocenters. The predicted octanol–water partition coefficient (Wildman–Crippen LogP) is 2.81. The molecule has 0 bridgehead atoms. The number of anilines is 1. The highest BCUT2D eigenvalue weighted by Crippen LogP contribution is 2.31. The maximum atomic E-state index is 12.2. The Kier molecular flexibility index (Phi) is 4.96. The Labute approximate surface area is 139 Å². The number of alkyl halides is 1. The lowest BCUT2D eigenvalue weighted by Gasteiger charge is -2.18. The Bertz CT molecular complexity index is 723. The average Bonchev–Trinajstić information content (AvgIpc) is 2.89. The molecule has 1 aliphatic carbocycles. The second kappa shape index (κ2) is 7.31. The van der Waals surface area contributed by atoms with Gasteiger partial charge in [0.05, 0.1) is 12.1 Å². The van der Waals surface area contributed by atoms with Gasteiger partial charge in [0.1, 0.15) is 19.0 Å². The standard InChI is InChI=1S/C18H19FN2O3/c19-8-9-24-14-6-3-5-13(11-14)20-18(23)21-17-15-7-2-1-4-12(15)10-16(17)22/h1-7,11,16-17,22H,8-10H2,(H2,20,21,23)/t16-,17+/m1/s1. The first kappa shape index (κ1) is 16.3. The molecule has 0 aliphatic heterocycles. The molecule has 1 aliphatic rings. The van der Waals surface area contributed by atoms with Crippen LogP contribution in [0.4, 0.5) is 14.9 Å². The van der Waals surface area contributed by atoms with Crippen LogP contribution in [0.25, 0.3) is 0 Å². The number of rotatable bonds is 5. The number of urea groups is 1. The largest absolute Gasteiger partial charge is 0.491 e. The second-order valence-electron chi connectivity index (χ2n) is 5.61. The van der Waals surface area contributed by atoms with E-state index in [1.807, 2.05) is 24.3 Å². The van der Waals surface area contributed by atoms with Crippen LogP contribution in [0.1, 0.15) is 17.2 Å². The number of amides is 2. The summed E-state index contributed by atoms with van der Waals surface area (Å²) in [5.41, 5.74) is 2.50. The number of aliphatic hydroxyl groups excluding tert-OH is 1. The number of carbonyl (C=O) groups excluding carboxylic acids is 1. The summed E-state index contributed by atoms with van der Waals surface area (Å²) in [5, 5.41) is 15.7. The molecule has 0 aromatic heterocycles. The van der Waals surface area contributed by atoms with Gasteiger partial charge >= 0.3 is 6.03 Å². The van der Waals surface area contributed by atoms with Gasteiger partial charge in [-0.1, -0.05) is 30.3 Å². The smallest absolute Gasteiger partial charge is 0.319 e. The monoisotopic (exact) mass is 330 g/mol. The molecule has 0 heterocycles. The van der Waals surface area contributed by atoms with Crippen LogP contribution in [0.5, 0.6) is 5.75 Å². The fourth-order valence-corrected chi connectivity index (χ4v) is 2.88. The second-order valence-corrected chi connectivity index (χ2v) is 5.61. The van der Waals surface area contributed by atoms with Gasteiger partial charge in [0.15, 0.2) is 0 Å². The summed E-state index contributed by atoms with van der Waals surface area (Å²) in [6.07, 6.45) is -0.124. The molecule has 2 amide bonds. The maximum Gasteiger partial charge on any atom is 0.319 e. The molecule has 2 atom stereocenters. The molecule has 24 heavy (non-hydrogen) atoms. The molecule has 0 saturated heterocycles. The molecule has 5 nitrogen and oxygen atoms in total. The molecule has 0 spiro atoms. The Balaban J connectivity index is 1.64. The van der Waals surface area contributed by atoms with Crippen LogP contribution < -0.4 is 15.4 Å². The first-order valence-electron chi connectivity index (χ1n) is 7.79. The lowest BCUT2D eigenvalue weighted by Crippen LogP contribution is -2.36. The van der Waals surface area contributed by atoms with Crippen LogP contribution in [0.3, 0.4) is 0 Å². The first-order valence-corrected chi connectivity index (χ1v) is 7.79. The highest BCUT2D eigenvalue weighted by molar-refractivity contribution is 5.89. The van der Waals surface area contributed by atoms with Gasteiger partial charge in [-0.3, -0.25) is 0 Å². The van der Waals surface area contributed by atoms with E-state index in [4.69, 9.17) is 4.74 Å². The van der Waals surface area contributed by atoms with Gasteiger partial charge in [-0.15, -0.1) is 0 Å². The summed E-state index contributed by atoms with van der Waals surface area (Å²) in [6.45, 7) is -0.599. The van der Waals surface area contributed by atoms with E-state index < -0.39 is 24.9 Å². The zero-order chi connectivity index (χ0) is 16.9. The summed E-state index contributed by atoms with van der Waals surface area (Å²) in [7, 11) is 0. The molecule has 0 saturated carbocycles. The van der Waals surface area contributed by atoms with E-state index in [0.29, 0.717) is 17.9 Å². The van der Waals surface area contributed by atoms with Gasteiger partial charge in [-0.05, 0) is 23.3 Å². The van der Waals surface area contributed by atoms with E-state index in [0.717, 1.165) is 11.1 Å². The summed E-state index contributed by atoms with van der Waals surface area (Å²) in [4.78, 5) is 12.2. The van der Waals surface area contributed by atoms with Gasteiger partial charge in [-0.2, -0.15) is 0 Å². The van der Waals surface area contributed by atoms with Gasteiger partial charge in [0, 0.05) is 18.2 Å². The van der Waals surface area contributed by atoms with Crippen molar-refractivity contribution in [3.05, 3.63) is 59.7 Å². The Morgan fingerprint density at radius 3 is 2.92 bits per heavy atom. The van der Waals surface area contributed by atoms with E-state index in [1.165, 1.54) is 0 Å². The number of hydrogen-bond donors (Lipinski definition) is 3. The number of hydrogen-bond acceptors (Lipinski definition) is 3. The number of nitrogens with one attached hydrogen (secondary N) is 2. The molecule has 126 valence electrons. The van der Waals surface area contributed by atoms with Crippen molar-refractivity contribution < 1.29 is 19.0 Å². The lowest BCUT2D eigenvalue weighted by molar-refractivity contribution is 0.144. The lowest BCUT2D eigenvalue weighted by atomic mass is 10.1. The minimum atomic E-state index is -0.646. The first-order chi connectivity index (χ1) is 11.7. The number of fused-ring (bicyclic) bond motifs is 1. The Morgan fingerprint density at radius 2 is 2.08 bits per heavy atom. The third-order valence-corrected chi connectivity index (χ3v) is 3.93. The highest BCUT2D eigenvalue weighted by atomic mass is 19.1. The summed E-state index contributed by atoms with van der Waals surface area (Å²) in [6, 6.07) is 13.5. The number of halogens is 1. The van der Waals surface area contributed by atoms with Gasteiger partial charge in [0.25, 0.3) is 0 Å². The van der Waals surface area contributed by atoms with Crippen LogP contribution in [-0.2, 0) is 6.42 Å². The van der Waals surface area contributed by atoms with Crippen LogP contribution in [-0.4, -0.2) is 30.5 Å². The fourth-order valence-electron chi connectivity index (χ4n) is 2.88. The summed E-state index contributed by atoms with van der Waals surface area (Å²) in [5.74, 6) is 0.483. The van der Waals surface area contributed by atoms with Crippen LogP contribution in [0, 0.1) is 0 Å². The van der Waals surface area contributed by atoms with E-state index in [9.17, 15) is 14.3 Å². The fraction of sp³-hybridized carbons (Fsp3) is 0.278. The van der Waals surface area contributed by atoms with E-state index in [-0.39, 0.29) is 6.61 Å². The molecule has 6 heteroatoms. The topological polar surface area (TPSA) is 70.6 Å². The van der Waals surface area contributed by atoms with Crippen molar-refractivity contribution in [1.29, 1.82) is 0 Å². The van der Waals surface area contributed by atoms with Gasteiger partial charge < -0.3 is 20.5 Å². The van der Waals surface area contributed by atoms with Crippen molar-refractivity contribution in [2.75, 3.05) is 18.6 Å². The van der Waals surface area contributed by atoms with Crippen molar-refractivity contribution in [1.82, 2.24) is 5.32 Å². The SMILES string of the molecule is O=C(Nc1cccc(OCCF)c1)N[C@H]1c2ccccc2C[C@H]1O. The van der Waals surface area contributed by atoms with E-state index in [1.54, 1.807) is 24.3 Å². The van der Waals surface area contributed by atoms with Crippen LogP contribution in [0.2, 0.25) is 0 Å². The van der Waals surface area contributed by atoms with E-state index in [2.05, 4.69) is 10.6 Å². The normalized spacial score (nSPS) is 18.8. The molecule has 2 aromatic carbocycles. The van der Waals surface area contributed by atoms with Crippen molar-refractivity contribution in [2.45, 2.75) is 18.6 Å². The molecule has 3 N–H and O–H groups in total. The van der Waals surface area contributed by atoms with Gasteiger partial charge in [0.2, 0.25) is 0 Å². The maximum absolute atomic E-state index is 12.2. The van der Waals surface area contributed by atoms with Crippen molar-refractivity contribution in [2.24, 2.45) is 0 Å². The molecular formula is C18H19FN2O3. The highest BCUT2D eigenvalue weighted by Gasteiger charge is 2.31. The zero-order valence-electron chi connectivity index (χ0n) is 13.0. The average molecular weight is 330 g/mol. The molecular weight excluding hydrogens is 311 g/mol. The van der Waals surface area contributed by atoms with Gasteiger partial charge in [-0.25, -0.2) is 9.18 Å². The Morgan fingerprint density at radius 1 is 1.25 bits per heavy atom. The molecule has 2 aromatic rings. The predicted molar refractivity (Wildman–Crippen MR) is 89.0 cm³/mol. The summed E-state index contributed by atoms with van der Waals surface area (Å²) < 4.78 is 17.3. The number of aliphatic hydroxyl groups is 1. The number of benzene rings is 2. The third kappa shape index (κ3) is 3.65. The van der Waals surface area contributed by atoms with Crippen LogP contribution >= 0.6 is 0 Å². The number of carbonyl (C=O) groups is 1. The zero-order valence-corrected chi connectivity index (χ0v) is 13.0. The molecule has 0 fully saturated rings. The Hall–Kier alpha value is -2.60. The molecule has 3 rings (SSSR count). The number of ether oxygens (including phenoxy) is 1. The molecule has 0 radical (unpaired) electrons. The quantitative estimate of drug-likeness (QED) is 0.789. The van der Waals surface area contributed by atoms with Crippen molar-refractivity contribution >= 4 is 11.7 Å². The van der Waals surface area contributed by atoms with Crippen LogP contribution in [0.15, 0.2) is 48.5 Å². The van der Waals surface area contributed by atoms with Crippen molar-refractivity contribution in [3.63, 3.8) is 0 Å². The van der Waals surface area contributed by atoms with E-state index >= 15 is 0 Å². The third-order valence-electron chi connectivity index (χ3n) is 3.93.